The average molecular weight is 416 g/mol. The fraction of sp³-hybridized carbons (Fsp3) is 0.259. The second-order valence-corrected chi connectivity index (χ2v) is 7.89. The quantitative estimate of drug-likeness (QED) is 0.470. The molecule has 1 aliphatic rings. The molecule has 2 atom stereocenters. The largest absolute Gasteiger partial charge is 0.493 e. The Morgan fingerprint density at radius 3 is 2.61 bits per heavy atom. The number of rotatable bonds is 9. The number of nitrogens with zero attached hydrogens (tertiary/aromatic N) is 1. The first-order valence-corrected chi connectivity index (χ1v) is 10.7. The second kappa shape index (κ2) is 9.71. The predicted octanol–water partition coefficient (Wildman–Crippen LogP) is 5.49. The van der Waals surface area contributed by atoms with Gasteiger partial charge in [-0.05, 0) is 41.3 Å². The molecule has 0 spiro atoms. The molecule has 4 rings (SSSR count). The molecule has 3 aromatic carbocycles. The lowest BCUT2D eigenvalue weighted by Crippen LogP contribution is -2.22. The van der Waals surface area contributed by atoms with Crippen molar-refractivity contribution < 1.29 is 14.6 Å². The van der Waals surface area contributed by atoms with Gasteiger partial charge in [0, 0.05) is 24.7 Å². The molecule has 0 aromatic heterocycles. The molecule has 1 heterocycles. The molecule has 2 unspecified atom stereocenters. The smallest absolute Gasteiger partial charge is 0.161 e. The van der Waals surface area contributed by atoms with Gasteiger partial charge in [-0.25, -0.2) is 0 Å². The fourth-order valence-corrected chi connectivity index (χ4v) is 4.27. The molecule has 0 saturated heterocycles. The molecular weight excluding hydrogens is 386 g/mol. The number of ether oxygens (including phenoxy) is 2. The van der Waals surface area contributed by atoms with Crippen LogP contribution in [0.3, 0.4) is 0 Å². The van der Waals surface area contributed by atoms with Crippen LogP contribution >= 0.6 is 0 Å². The van der Waals surface area contributed by atoms with Gasteiger partial charge in [0.05, 0.1) is 13.2 Å². The van der Waals surface area contributed by atoms with Crippen molar-refractivity contribution in [2.75, 3.05) is 25.1 Å². The van der Waals surface area contributed by atoms with Gasteiger partial charge in [0.25, 0.3) is 0 Å². The van der Waals surface area contributed by atoms with Crippen molar-refractivity contribution >= 4 is 5.69 Å². The lowest BCUT2D eigenvalue weighted by molar-refractivity contribution is 0.158. The standard InChI is InChI=1S/C27H29NO3/c1-3-15-28-18-22(23-11-7-8-12-24(23)28)16-25(29)21-13-14-26(27(17-21)30-2)31-19-20-9-5-4-6-10-20/h3-14,17,22,25,29H,1,15-16,18-19H2,2H3. The van der Waals surface area contributed by atoms with Crippen molar-refractivity contribution in [2.24, 2.45) is 0 Å². The molecule has 0 saturated carbocycles. The zero-order valence-corrected chi connectivity index (χ0v) is 17.9. The molecule has 0 bridgehead atoms. The van der Waals surface area contributed by atoms with Crippen LogP contribution in [-0.4, -0.2) is 25.3 Å². The van der Waals surface area contributed by atoms with E-state index in [1.807, 2.05) is 54.6 Å². The summed E-state index contributed by atoms with van der Waals surface area (Å²) in [6.45, 7) is 6.04. The number of fused-ring (bicyclic) bond motifs is 1. The summed E-state index contributed by atoms with van der Waals surface area (Å²) < 4.78 is 11.5. The summed E-state index contributed by atoms with van der Waals surface area (Å²) in [6, 6.07) is 24.2. The minimum absolute atomic E-state index is 0.270. The summed E-state index contributed by atoms with van der Waals surface area (Å²) in [7, 11) is 1.63. The third kappa shape index (κ3) is 4.75. The summed E-state index contributed by atoms with van der Waals surface area (Å²) in [6.07, 6.45) is 1.99. The van der Waals surface area contributed by atoms with Crippen LogP contribution in [0.2, 0.25) is 0 Å². The first-order valence-electron chi connectivity index (χ1n) is 10.7. The number of anilines is 1. The summed E-state index contributed by atoms with van der Waals surface area (Å²) in [5.74, 6) is 1.57. The Hall–Kier alpha value is -3.24. The van der Waals surface area contributed by atoms with E-state index in [1.54, 1.807) is 7.11 Å². The van der Waals surface area contributed by atoms with Gasteiger partial charge in [0.2, 0.25) is 0 Å². The maximum Gasteiger partial charge on any atom is 0.161 e. The highest BCUT2D eigenvalue weighted by Gasteiger charge is 2.29. The van der Waals surface area contributed by atoms with Gasteiger partial charge in [-0.2, -0.15) is 0 Å². The van der Waals surface area contributed by atoms with Crippen molar-refractivity contribution in [3.63, 3.8) is 0 Å². The Kier molecular flexibility index (Phi) is 6.58. The molecule has 31 heavy (non-hydrogen) atoms. The SMILES string of the molecule is C=CCN1CC(CC(O)c2ccc(OCc3ccccc3)c(OC)c2)c2ccccc21. The molecule has 160 valence electrons. The second-order valence-electron chi connectivity index (χ2n) is 7.89. The summed E-state index contributed by atoms with van der Waals surface area (Å²) in [5.41, 5.74) is 4.46. The molecule has 0 fully saturated rings. The van der Waals surface area contributed by atoms with E-state index in [0.29, 0.717) is 24.5 Å². The van der Waals surface area contributed by atoms with E-state index < -0.39 is 6.10 Å². The molecule has 1 N–H and O–H groups in total. The Morgan fingerprint density at radius 2 is 1.84 bits per heavy atom. The molecule has 0 radical (unpaired) electrons. The molecule has 3 aromatic rings. The highest BCUT2D eigenvalue weighted by Crippen LogP contribution is 2.41. The number of para-hydroxylation sites is 1. The van der Waals surface area contributed by atoms with Crippen LogP contribution in [0.4, 0.5) is 5.69 Å². The average Bonchev–Trinajstić information content (AvgIpc) is 3.15. The van der Waals surface area contributed by atoms with E-state index in [4.69, 9.17) is 9.47 Å². The Bertz CT molecular complexity index is 1020. The molecule has 4 heteroatoms. The topological polar surface area (TPSA) is 41.9 Å². The number of aliphatic hydroxyl groups excluding tert-OH is 1. The number of methoxy groups -OCH3 is 1. The van der Waals surface area contributed by atoms with Crippen molar-refractivity contribution in [2.45, 2.75) is 25.0 Å². The molecule has 1 aliphatic heterocycles. The van der Waals surface area contributed by atoms with E-state index in [2.05, 4.69) is 35.7 Å². The highest BCUT2D eigenvalue weighted by atomic mass is 16.5. The van der Waals surface area contributed by atoms with Crippen LogP contribution in [0, 0.1) is 0 Å². The minimum atomic E-state index is -0.584. The maximum atomic E-state index is 11.0. The first-order chi connectivity index (χ1) is 15.2. The van der Waals surface area contributed by atoms with Crippen molar-refractivity contribution in [3.05, 3.63) is 102 Å². The van der Waals surface area contributed by atoms with Crippen molar-refractivity contribution in [1.82, 2.24) is 0 Å². The zero-order chi connectivity index (χ0) is 21.6. The van der Waals surface area contributed by atoms with Crippen LogP contribution in [0.25, 0.3) is 0 Å². The monoisotopic (exact) mass is 415 g/mol. The summed E-state index contributed by atoms with van der Waals surface area (Å²) >= 11 is 0. The Morgan fingerprint density at radius 1 is 1.06 bits per heavy atom. The fourth-order valence-electron chi connectivity index (χ4n) is 4.27. The number of benzene rings is 3. The van der Waals surface area contributed by atoms with Crippen LogP contribution in [0.5, 0.6) is 11.5 Å². The Balaban J connectivity index is 1.46. The maximum absolute atomic E-state index is 11.0. The number of hydrogen-bond acceptors (Lipinski definition) is 4. The third-order valence-electron chi connectivity index (χ3n) is 5.82. The van der Waals surface area contributed by atoms with E-state index in [9.17, 15) is 5.11 Å². The summed E-state index contributed by atoms with van der Waals surface area (Å²) in [4.78, 5) is 2.32. The van der Waals surface area contributed by atoms with E-state index >= 15 is 0 Å². The summed E-state index contributed by atoms with van der Waals surface area (Å²) in [5, 5.41) is 11.0. The van der Waals surface area contributed by atoms with Crippen molar-refractivity contribution in [3.8, 4) is 11.5 Å². The van der Waals surface area contributed by atoms with E-state index in [-0.39, 0.29) is 5.92 Å². The van der Waals surface area contributed by atoms with Crippen LogP contribution in [-0.2, 0) is 6.61 Å². The van der Waals surface area contributed by atoms with Gasteiger partial charge in [0.15, 0.2) is 11.5 Å². The first kappa shape index (κ1) is 21.0. The lowest BCUT2D eigenvalue weighted by Gasteiger charge is -2.20. The van der Waals surface area contributed by atoms with E-state index in [0.717, 1.165) is 24.2 Å². The van der Waals surface area contributed by atoms with Crippen LogP contribution in [0.15, 0.2) is 85.5 Å². The van der Waals surface area contributed by atoms with Crippen molar-refractivity contribution in [1.29, 1.82) is 0 Å². The van der Waals surface area contributed by atoms with Crippen LogP contribution < -0.4 is 14.4 Å². The van der Waals surface area contributed by atoms with Gasteiger partial charge in [-0.3, -0.25) is 0 Å². The van der Waals surface area contributed by atoms with Gasteiger partial charge in [-0.15, -0.1) is 6.58 Å². The third-order valence-corrected chi connectivity index (χ3v) is 5.82. The predicted molar refractivity (Wildman–Crippen MR) is 125 cm³/mol. The molecule has 0 amide bonds. The molecular formula is C27H29NO3. The van der Waals surface area contributed by atoms with Gasteiger partial charge >= 0.3 is 0 Å². The number of hydrogen-bond donors (Lipinski definition) is 1. The minimum Gasteiger partial charge on any atom is -0.493 e. The van der Waals surface area contributed by atoms with Crippen LogP contribution in [0.1, 0.15) is 35.1 Å². The highest BCUT2D eigenvalue weighted by molar-refractivity contribution is 5.60. The van der Waals surface area contributed by atoms with Gasteiger partial charge in [0.1, 0.15) is 6.61 Å². The number of aliphatic hydroxyl groups is 1. The Labute approximate surface area is 184 Å². The molecule has 4 nitrogen and oxygen atoms in total. The molecule has 0 aliphatic carbocycles. The lowest BCUT2D eigenvalue weighted by atomic mass is 9.92. The zero-order valence-electron chi connectivity index (χ0n) is 17.9. The van der Waals surface area contributed by atoms with Gasteiger partial charge < -0.3 is 19.5 Å². The van der Waals surface area contributed by atoms with Gasteiger partial charge in [-0.1, -0.05) is 60.7 Å². The van der Waals surface area contributed by atoms with E-state index in [1.165, 1.54) is 11.3 Å². The normalized spacial score (nSPS) is 15.9.